The zero-order valence-electron chi connectivity index (χ0n) is 21.6. The second-order valence-corrected chi connectivity index (χ2v) is 11.2. The van der Waals surface area contributed by atoms with Gasteiger partial charge in [-0.15, -0.1) is 0 Å². The van der Waals surface area contributed by atoms with Gasteiger partial charge in [0.05, 0.1) is 30.1 Å². The summed E-state index contributed by atoms with van der Waals surface area (Å²) in [4.78, 5) is 47.3. The van der Waals surface area contributed by atoms with Crippen LogP contribution in [0.5, 0.6) is 0 Å². The number of carbonyl (C=O) groups excluding carboxylic acids is 3. The molecule has 0 saturated carbocycles. The monoisotopic (exact) mass is 527 g/mol. The number of aliphatic hydroxyl groups is 1. The molecule has 8 nitrogen and oxygen atoms in total. The van der Waals surface area contributed by atoms with Gasteiger partial charge in [-0.05, 0) is 36.6 Å². The van der Waals surface area contributed by atoms with Crippen LogP contribution in [0.2, 0.25) is 5.02 Å². The summed E-state index contributed by atoms with van der Waals surface area (Å²) in [6, 6.07) is 5.32. The summed E-state index contributed by atoms with van der Waals surface area (Å²) in [7, 11) is 1.72. The summed E-state index contributed by atoms with van der Waals surface area (Å²) in [5, 5.41) is 10.9. The van der Waals surface area contributed by atoms with Gasteiger partial charge in [0, 0.05) is 30.8 Å². The van der Waals surface area contributed by atoms with Crippen molar-refractivity contribution in [2.75, 3.05) is 31.6 Å². The molecule has 198 valence electrons. The molecule has 2 fully saturated rings. The number of rotatable bonds is 5. The van der Waals surface area contributed by atoms with Crippen LogP contribution >= 0.6 is 11.6 Å². The molecule has 5 rings (SSSR count). The average molecular weight is 528 g/mol. The van der Waals surface area contributed by atoms with Gasteiger partial charge in [0.25, 0.3) is 5.91 Å². The van der Waals surface area contributed by atoms with Crippen molar-refractivity contribution in [1.82, 2.24) is 9.80 Å². The summed E-state index contributed by atoms with van der Waals surface area (Å²) >= 11 is 6.10. The summed E-state index contributed by atoms with van der Waals surface area (Å²) in [6.45, 7) is 6.15. The quantitative estimate of drug-likeness (QED) is 0.595. The lowest BCUT2D eigenvalue weighted by Gasteiger charge is -2.41. The van der Waals surface area contributed by atoms with Crippen LogP contribution in [-0.2, 0) is 19.1 Å². The molecular weight excluding hydrogens is 494 g/mol. The minimum absolute atomic E-state index is 0.128. The first-order valence-electron chi connectivity index (χ1n) is 12.9. The molecule has 0 radical (unpaired) electrons. The van der Waals surface area contributed by atoms with Crippen molar-refractivity contribution in [3.63, 3.8) is 0 Å². The van der Waals surface area contributed by atoms with E-state index in [-0.39, 0.29) is 36.8 Å². The molecule has 6 atom stereocenters. The van der Waals surface area contributed by atoms with Gasteiger partial charge in [0.2, 0.25) is 11.8 Å². The topological polar surface area (TPSA) is 90.4 Å². The minimum Gasteiger partial charge on any atom is -0.394 e. The van der Waals surface area contributed by atoms with Gasteiger partial charge in [0.1, 0.15) is 11.6 Å². The molecule has 0 aromatic heterocycles. The second kappa shape index (κ2) is 9.26. The lowest BCUT2D eigenvalue weighted by Crippen LogP contribution is -2.60. The number of hydrogen-bond acceptors (Lipinski definition) is 5. The van der Waals surface area contributed by atoms with E-state index in [9.17, 15) is 19.5 Å². The molecule has 0 aliphatic carbocycles. The summed E-state index contributed by atoms with van der Waals surface area (Å²) in [6.07, 6.45) is 7.97. The van der Waals surface area contributed by atoms with E-state index in [0.717, 1.165) is 0 Å². The highest BCUT2D eigenvalue weighted by Crippen LogP contribution is 2.59. The number of carbonyl (C=O) groups is 3. The van der Waals surface area contributed by atoms with Gasteiger partial charge in [-0.3, -0.25) is 14.4 Å². The predicted molar refractivity (Wildman–Crippen MR) is 140 cm³/mol. The van der Waals surface area contributed by atoms with Gasteiger partial charge < -0.3 is 24.5 Å². The van der Waals surface area contributed by atoms with Crippen molar-refractivity contribution in [3.05, 3.63) is 53.6 Å². The fourth-order valence-corrected chi connectivity index (χ4v) is 6.78. The number of nitrogens with zero attached hydrogens (tertiary/aromatic N) is 3. The van der Waals surface area contributed by atoms with E-state index in [1.165, 1.54) is 4.90 Å². The fourth-order valence-electron chi connectivity index (χ4n) is 6.65. The minimum atomic E-state index is -1.35. The van der Waals surface area contributed by atoms with E-state index in [1.54, 1.807) is 41.1 Å². The Hall–Kier alpha value is -2.68. The number of likely N-dealkylation sites (tertiary alicyclic amines) is 1. The third-order valence-corrected chi connectivity index (χ3v) is 8.78. The highest BCUT2D eigenvalue weighted by molar-refractivity contribution is 6.30. The van der Waals surface area contributed by atoms with Gasteiger partial charge in [0.15, 0.2) is 0 Å². The smallest absolute Gasteiger partial charge is 0.253 e. The first-order chi connectivity index (χ1) is 17.6. The highest BCUT2D eigenvalue weighted by Gasteiger charge is 2.76. The number of amides is 3. The van der Waals surface area contributed by atoms with Crippen LogP contribution in [-0.4, -0.2) is 82.7 Å². The summed E-state index contributed by atoms with van der Waals surface area (Å²) < 4.78 is 6.91. The van der Waals surface area contributed by atoms with E-state index < -0.39 is 35.1 Å². The lowest BCUT2D eigenvalue weighted by molar-refractivity contribution is -0.153. The molecule has 37 heavy (non-hydrogen) atoms. The Labute approximate surface area is 222 Å². The molecule has 3 amide bonds. The fraction of sp³-hybridized carbons (Fsp3) is 0.536. The maximum atomic E-state index is 14.4. The van der Waals surface area contributed by atoms with Crippen LogP contribution in [0.15, 0.2) is 48.6 Å². The molecule has 1 aromatic rings. The normalized spacial score (nSPS) is 34.0. The first kappa shape index (κ1) is 25.9. The molecule has 4 aliphatic heterocycles. The number of likely N-dealkylation sites (N-methyl/N-ethyl adjacent to an activating group) is 1. The average Bonchev–Trinajstić information content (AvgIpc) is 3.17. The van der Waals surface area contributed by atoms with Gasteiger partial charge in [-0.25, -0.2) is 0 Å². The van der Waals surface area contributed by atoms with Crippen LogP contribution in [0.3, 0.4) is 0 Å². The van der Waals surface area contributed by atoms with Crippen molar-refractivity contribution in [2.24, 2.45) is 17.8 Å². The van der Waals surface area contributed by atoms with Crippen LogP contribution in [0.4, 0.5) is 5.69 Å². The number of aliphatic hydroxyl groups excluding tert-OH is 1. The molecule has 2 saturated heterocycles. The summed E-state index contributed by atoms with van der Waals surface area (Å²) in [5.41, 5.74) is -1.72. The molecule has 1 aromatic carbocycles. The zero-order valence-corrected chi connectivity index (χ0v) is 22.4. The molecule has 0 bridgehead atoms. The predicted octanol–water partition coefficient (Wildman–Crippen LogP) is 2.65. The molecule has 1 unspecified atom stereocenters. The zero-order chi connectivity index (χ0) is 26.7. The number of benzene rings is 1. The number of ether oxygens (including phenoxy) is 1. The maximum absolute atomic E-state index is 14.4. The molecule has 1 N–H and O–H groups in total. The van der Waals surface area contributed by atoms with E-state index in [2.05, 4.69) is 0 Å². The Morgan fingerprint density at radius 1 is 1.03 bits per heavy atom. The molecule has 1 spiro atoms. The highest BCUT2D eigenvalue weighted by atomic mass is 35.5. The molecular formula is C28H34ClN3O5. The lowest BCUT2D eigenvalue weighted by atomic mass is 9.73. The molecule has 4 aliphatic rings. The van der Waals surface area contributed by atoms with Crippen molar-refractivity contribution < 1.29 is 24.2 Å². The summed E-state index contributed by atoms with van der Waals surface area (Å²) in [5.74, 6) is -2.62. The van der Waals surface area contributed by atoms with E-state index in [1.807, 2.05) is 45.1 Å². The third-order valence-electron chi connectivity index (χ3n) is 8.53. The Bertz CT molecular complexity index is 1170. The van der Waals surface area contributed by atoms with Crippen molar-refractivity contribution >= 4 is 35.0 Å². The van der Waals surface area contributed by atoms with Gasteiger partial charge in [-0.2, -0.15) is 0 Å². The number of hydrogen-bond donors (Lipinski definition) is 1. The van der Waals surface area contributed by atoms with E-state index >= 15 is 0 Å². The number of fused-ring (bicyclic) bond motifs is 2. The molecule has 4 heterocycles. The standard InChI is InChI=1S/C28H34ClN3O5/c1-5-27-12-6-14-30(4)24(34)21(27)22-25(35)32(20(16-33)17(2)3)23-26(36)31(15-7-13-28(22,23)37-27)19-10-8-18(29)9-11-19/h6-13,17,20-23,33H,5,14-16H2,1-4H3/t20-,21+,22-,23?,27-,28-/m0/s1. The van der Waals surface area contributed by atoms with Gasteiger partial charge in [-0.1, -0.05) is 56.7 Å². The van der Waals surface area contributed by atoms with E-state index in [0.29, 0.717) is 23.7 Å². The Balaban J connectivity index is 1.71. The van der Waals surface area contributed by atoms with Gasteiger partial charge >= 0.3 is 0 Å². The van der Waals surface area contributed by atoms with Crippen LogP contribution in [0, 0.1) is 17.8 Å². The Kier molecular flexibility index (Phi) is 6.49. The Morgan fingerprint density at radius 2 is 1.70 bits per heavy atom. The molecule has 9 heteroatoms. The van der Waals surface area contributed by atoms with Crippen molar-refractivity contribution in [1.29, 1.82) is 0 Å². The largest absolute Gasteiger partial charge is 0.394 e. The van der Waals surface area contributed by atoms with Crippen molar-refractivity contribution in [2.45, 2.75) is 50.5 Å². The van der Waals surface area contributed by atoms with Crippen molar-refractivity contribution in [3.8, 4) is 0 Å². The Morgan fingerprint density at radius 3 is 2.32 bits per heavy atom. The van der Waals surface area contributed by atoms with Crippen LogP contribution in [0.25, 0.3) is 0 Å². The second-order valence-electron chi connectivity index (χ2n) is 10.8. The van der Waals surface area contributed by atoms with Crippen LogP contribution < -0.4 is 4.90 Å². The number of anilines is 1. The number of halogens is 1. The third kappa shape index (κ3) is 3.67. The maximum Gasteiger partial charge on any atom is 0.253 e. The van der Waals surface area contributed by atoms with Crippen LogP contribution in [0.1, 0.15) is 27.2 Å². The first-order valence-corrected chi connectivity index (χ1v) is 13.3. The SMILES string of the molecule is CC[C@]12C=CCN(C)C(=O)[C@H]1[C@H]1C(=O)N([C@@H](CO)C(C)C)C3C(=O)N(c4ccc(Cl)cc4)CC=C[C@@]31O2. The van der Waals surface area contributed by atoms with E-state index in [4.69, 9.17) is 16.3 Å².